The van der Waals surface area contributed by atoms with E-state index < -0.39 is 5.97 Å². The van der Waals surface area contributed by atoms with Gasteiger partial charge in [-0.2, -0.15) is 5.10 Å². The van der Waals surface area contributed by atoms with E-state index in [0.29, 0.717) is 6.54 Å². The first kappa shape index (κ1) is 22.0. The predicted octanol–water partition coefficient (Wildman–Crippen LogP) is 3.88. The largest absolute Gasteiger partial charge is 0.481 e. The molecule has 1 aromatic carbocycles. The minimum absolute atomic E-state index is 0.0933. The fourth-order valence-corrected chi connectivity index (χ4v) is 4.53. The highest BCUT2D eigenvalue weighted by Crippen LogP contribution is 2.35. The summed E-state index contributed by atoms with van der Waals surface area (Å²) in [7, 11) is 0. The lowest BCUT2D eigenvalue weighted by Crippen LogP contribution is -2.33. The molecule has 1 N–H and O–H groups in total. The number of pyridine rings is 1. The number of nitrogens with zero attached hydrogens (tertiary/aromatic N) is 4. The Morgan fingerprint density at radius 2 is 1.97 bits per heavy atom. The molecule has 3 heterocycles. The van der Waals surface area contributed by atoms with Crippen LogP contribution in [0.3, 0.4) is 0 Å². The summed E-state index contributed by atoms with van der Waals surface area (Å²) in [6.45, 7) is 3.28. The van der Waals surface area contributed by atoms with Gasteiger partial charge in [-0.05, 0) is 48.9 Å². The van der Waals surface area contributed by atoms with E-state index in [0.717, 1.165) is 78.8 Å². The van der Waals surface area contributed by atoms with Crippen LogP contribution >= 0.6 is 11.6 Å². The number of halogens is 1. The highest BCUT2D eigenvalue weighted by atomic mass is 35.5. The van der Waals surface area contributed by atoms with Crippen LogP contribution in [0.2, 0.25) is 5.02 Å². The van der Waals surface area contributed by atoms with E-state index in [1.54, 1.807) is 6.20 Å². The number of hydrogen-bond acceptors (Lipinski definition) is 4. The number of carboxylic acids is 1. The smallest absolute Gasteiger partial charge is 0.300 e. The summed E-state index contributed by atoms with van der Waals surface area (Å²) >= 11 is 6.29. The normalized spacial score (nSPS) is 14.4. The first-order valence-electron chi connectivity index (χ1n) is 10.7. The molecule has 0 saturated heterocycles. The molecular formula is C24H25ClN4O3. The van der Waals surface area contributed by atoms with E-state index in [4.69, 9.17) is 26.6 Å². The Labute approximate surface area is 191 Å². The summed E-state index contributed by atoms with van der Waals surface area (Å²) in [6, 6.07) is 9.87. The minimum Gasteiger partial charge on any atom is -0.481 e. The molecule has 0 saturated carbocycles. The van der Waals surface area contributed by atoms with Crippen molar-refractivity contribution in [3.8, 4) is 11.3 Å². The molecule has 0 radical (unpaired) electrons. The Kier molecular flexibility index (Phi) is 6.55. The number of aromatic nitrogens is 3. The van der Waals surface area contributed by atoms with Gasteiger partial charge in [0.1, 0.15) is 5.69 Å². The fraction of sp³-hybridized carbons (Fsp3) is 0.333. The van der Waals surface area contributed by atoms with Crippen molar-refractivity contribution in [1.82, 2.24) is 19.7 Å². The second-order valence-electron chi connectivity index (χ2n) is 7.94. The van der Waals surface area contributed by atoms with Crippen molar-refractivity contribution in [2.75, 3.05) is 13.1 Å². The first-order valence-corrected chi connectivity index (χ1v) is 11.1. The Balaban J connectivity index is 0.000000567. The minimum atomic E-state index is -0.833. The molecule has 32 heavy (non-hydrogen) atoms. The molecule has 7 nitrogen and oxygen atoms in total. The maximum atomic E-state index is 13.4. The second kappa shape index (κ2) is 9.53. The van der Waals surface area contributed by atoms with Crippen molar-refractivity contribution in [3.05, 3.63) is 70.1 Å². The van der Waals surface area contributed by atoms with Crippen molar-refractivity contribution >= 4 is 23.5 Å². The van der Waals surface area contributed by atoms with E-state index in [1.165, 1.54) is 5.56 Å². The maximum Gasteiger partial charge on any atom is 0.300 e. The van der Waals surface area contributed by atoms with E-state index in [1.807, 2.05) is 46.1 Å². The number of aryl methyl sites for hydroxylation is 2. The zero-order chi connectivity index (χ0) is 22.7. The number of carboxylic acid groups (broad SMARTS) is 1. The van der Waals surface area contributed by atoms with Gasteiger partial charge < -0.3 is 10.0 Å². The summed E-state index contributed by atoms with van der Waals surface area (Å²) in [6.07, 6.45) is 7.13. The van der Waals surface area contributed by atoms with Gasteiger partial charge in [-0.3, -0.25) is 19.3 Å². The number of benzene rings is 1. The van der Waals surface area contributed by atoms with Gasteiger partial charge in [-0.25, -0.2) is 0 Å². The number of fused-ring (bicyclic) bond motifs is 5. The number of rotatable bonds is 3. The number of aliphatic carboxylic acids is 1. The van der Waals surface area contributed by atoms with Crippen LogP contribution in [0.1, 0.15) is 40.5 Å². The molecule has 0 atom stereocenters. The Hall–Kier alpha value is -3.19. The number of hydrogen-bond donors (Lipinski definition) is 1. The fourth-order valence-electron chi connectivity index (χ4n) is 4.30. The third kappa shape index (κ3) is 4.53. The van der Waals surface area contributed by atoms with Gasteiger partial charge in [0.05, 0.1) is 5.69 Å². The lowest BCUT2D eigenvalue weighted by molar-refractivity contribution is -0.134. The van der Waals surface area contributed by atoms with E-state index in [9.17, 15) is 4.79 Å². The van der Waals surface area contributed by atoms with Crippen molar-refractivity contribution in [3.63, 3.8) is 0 Å². The molecule has 0 spiro atoms. The van der Waals surface area contributed by atoms with E-state index in [-0.39, 0.29) is 5.91 Å². The van der Waals surface area contributed by atoms with Gasteiger partial charge in [0.25, 0.3) is 11.9 Å². The highest BCUT2D eigenvalue weighted by molar-refractivity contribution is 6.31. The van der Waals surface area contributed by atoms with Crippen LogP contribution in [0, 0.1) is 0 Å². The lowest BCUT2D eigenvalue weighted by Gasteiger charge is -2.22. The number of carbonyl (C=O) groups excluding carboxylic acids is 1. The van der Waals surface area contributed by atoms with Crippen LogP contribution in [0.5, 0.6) is 0 Å². The second-order valence-corrected chi connectivity index (χ2v) is 8.35. The molecule has 1 aliphatic heterocycles. The van der Waals surface area contributed by atoms with Crippen LogP contribution in [0.15, 0.2) is 42.7 Å². The molecular weight excluding hydrogens is 428 g/mol. The third-order valence-corrected chi connectivity index (χ3v) is 6.12. The maximum absolute atomic E-state index is 13.4. The van der Waals surface area contributed by atoms with Gasteiger partial charge >= 0.3 is 0 Å². The van der Waals surface area contributed by atoms with Crippen molar-refractivity contribution in [2.24, 2.45) is 0 Å². The highest BCUT2D eigenvalue weighted by Gasteiger charge is 2.32. The van der Waals surface area contributed by atoms with Gasteiger partial charge in [-0.1, -0.05) is 29.8 Å². The van der Waals surface area contributed by atoms with Crippen LogP contribution in [0.25, 0.3) is 11.3 Å². The summed E-state index contributed by atoms with van der Waals surface area (Å²) in [5, 5.41) is 13.0. The monoisotopic (exact) mass is 452 g/mol. The molecule has 1 aliphatic carbocycles. The molecule has 5 rings (SSSR count). The summed E-state index contributed by atoms with van der Waals surface area (Å²) in [5.41, 5.74) is 6.24. The van der Waals surface area contributed by atoms with Crippen molar-refractivity contribution in [2.45, 2.75) is 39.2 Å². The summed E-state index contributed by atoms with van der Waals surface area (Å²) < 4.78 is 1.93. The molecule has 8 heteroatoms. The number of carbonyl (C=O) groups is 2. The summed E-state index contributed by atoms with van der Waals surface area (Å²) in [4.78, 5) is 28.6. The summed E-state index contributed by atoms with van der Waals surface area (Å²) in [5.74, 6) is -0.740. The quantitative estimate of drug-likeness (QED) is 0.651. The van der Waals surface area contributed by atoms with Crippen molar-refractivity contribution in [1.29, 1.82) is 0 Å². The van der Waals surface area contributed by atoms with Gasteiger partial charge in [0, 0.05) is 55.1 Å². The Morgan fingerprint density at radius 1 is 1.19 bits per heavy atom. The predicted molar refractivity (Wildman–Crippen MR) is 122 cm³/mol. The van der Waals surface area contributed by atoms with Gasteiger partial charge in [0.15, 0.2) is 0 Å². The zero-order valence-corrected chi connectivity index (χ0v) is 18.7. The van der Waals surface area contributed by atoms with Gasteiger partial charge in [-0.15, -0.1) is 0 Å². The SMILES string of the molecule is CC(=O)O.O=C1c2c3c(nn2CCCN1CCc1ccccc1Cl)-c1ccncc1CC3. The topological polar surface area (TPSA) is 88.3 Å². The average Bonchev–Trinajstić information content (AvgIpc) is 3.07. The standard InChI is InChI=1S/C22H21ClN4O.C2H4O2/c23-19-5-2-1-4-15(19)9-13-26-11-3-12-27-21(22(26)28)18-7-6-16-14-24-10-8-17(16)20(18)25-27;1-2(3)4/h1-2,4-5,8,10,14H,3,6-7,9,11-13H2;1H3,(H,3,4). The van der Waals surface area contributed by atoms with Crippen LogP contribution in [-0.4, -0.2) is 49.7 Å². The average molecular weight is 453 g/mol. The molecule has 2 aromatic heterocycles. The van der Waals surface area contributed by atoms with Gasteiger partial charge in [0.2, 0.25) is 0 Å². The molecule has 3 aromatic rings. The lowest BCUT2D eigenvalue weighted by atomic mass is 9.90. The molecule has 166 valence electrons. The van der Waals surface area contributed by atoms with Crippen LogP contribution in [0.4, 0.5) is 0 Å². The van der Waals surface area contributed by atoms with E-state index >= 15 is 0 Å². The zero-order valence-electron chi connectivity index (χ0n) is 17.9. The third-order valence-electron chi connectivity index (χ3n) is 5.75. The van der Waals surface area contributed by atoms with Crippen LogP contribution in [-0.2, 0) is 30.6 Å². The molecule has 1 amide bonds. The Morgan fingerprint density at radius 3 is 2.75 bits per heavy atom. The molecule has 0 bridgehead atoms. The van der Waals surface area contributed by atoms with Crippen LogP contribution < -0.4 is 0 Å². The Bertz CT molecular complexity index is 1150. The molecule has 0 fully saturated rings. The molecule has 0 unspecified atom stereocenters. The molecule has 2 aliphatic rings. The van der Waals surface area contributed by atoms with Crippen molar-refractivity contribution < 1.29 is 14.7 Å². The first-order chi connectivity index (χ1) is 15.5. The number of amides is 1. The van der Waals surface area contributed by atoms with E-state index in [2.05, 4.69) is 4.98 Å².